The first-order valence-corrected chi connectivity index (χ1v) is 12.6. The van der Waals surface area contributed by atoms with Crippen LogP contribution < -0.4 is 9.47 Å². The van der Waals surface area contributed by atoms with Crippen LogP contribution >= 0.6 is 0 Å². The molecule has 2 unspecified atom stereocenters. The van der Waals surface area contributed by atoms with E-state index in [-0.39, 0.29) is 24.2 Å². The molecule has 170 valence electrons. The maximum Gasteiger partial charge on any atom is 0.151 e. The van der Waals surface area contributed by atoms with Crippen molar-refractivity contribution < 1.29 is 23.0 Å². The summed E-state index contributed by atoms with van der Waals surface area (Å²) in [7, 11) is -1.43. The van der Waals surface area contributed by atoms with Crippen molar-refractivity contribution in [1.82, 2.24) is 4.90 Å². The number of methoxy groups -OCH3 is 1. The van der Waals surface area contributed by atoms with Gasteiger partial charge in [0.25, 0.3) is 0 Å². The minimum absolute atomic E-state index is 0.116. The van der Waals surface area contributed by atoms with E-state index in [2.05, 4.69) is 29.2 Å². The van der Waals surface area contributed by atoms with Gasteiger partial charge < -0.3 is 14.6 Å². The molecule has 32 heavy (non-hydrogen) atoms. The second-order valence-corrected chi connectivity index (χ2v) is 10.5. The van der Waals surface area contributed by atoms with Crippen LogP contribution in [0.1, 0.15) is 12.0 Å². The molecule has 0 spiro atoms. The molecule has 0 radical (unpaired) electrons. The first-order chi connectivity index (χ1) is 15.4. The molecule has 1 N–H and O–H groups in total. The second-order valence-electron chi connectivity index (χ2n) is 8.26. The quantitative estimate of drug-likeness (QED) is 0.534. The van der Waals surface area contributed by atoms with Crippen LogP contribution in [0.25, 0.3) is 10.8 Å². The first kappa shape index (κ1) is 22.6. The summed E-state index contributed by atoms with van der Waals surface area (Å²) in [6.07, 6.45) is -0.172. The number of ether oxygens (including phenoxy) is 2. The summed E-state index contributed by atoms with van der Waals surface area (Å²) in [4.78, 5) is 2.09. The Labute approximate surface area is 189 Å². The molecule has 7 heteroatoms. The van der Waals surface area contributed by atoms with E-state index in [9.17, 15) is 13.5 Å². The van der Waals surface area contributed by atoms with E-state index in [1.54, 1.807) is 31.4 Å². The van der Waals surface area contributed by atoms with E-state index in [4.69, 9.17) is 9.47 Å². The monoisotopic (exact) mass is 455 g/mol. The molecule has 6 nitrogen and oxygen atoms in total. The lowest BCUT2D eigenvalue weighted by atomic mass is 10.0. The van der Waals surface area contributed by atoms with Crippen molar-refractivity contribution in [3.63, 3.8) is 0 Å². The first-order valence-electron chi connectivity index (χ1n) is 10.8. The van der Waals surface area contributed by atoms with Crippen LogP contribution in [0.15, 0.2) is 66.7 Å². The fourth-order valence-corrected chi connectivity index (χ4v) is 6.00. The van der Waals surface area contributed by atoms with Gasteiger partial charge in [0.1, 0.15) is 24.2 Å². The highest BCUT2D eigenvalue weighted by Gasteiger charge is 2.33. The fourth-order valence-electron chi connectivity index (χ4n) is 4.24. The average Bonchev–Trinajstić information content (AvgIpc) is 3.17. The van der Waals surface area contributed by atoms with Crippen molar-refractivity contribution in [2.45, 2.75) is 25.1 Å². The van der Waals surface area contributed by atoms with Gasteiger partial charge in [-0.2, -0.15) is 0 Å². The summed E-state index contributed by atoms with van der Waals surface area (Å²) in [6, 6.07) is 21.4. The number of aliphatic hydroxyl groups is 1. The van der Waals surface area contributed by atoms with Gasteiger partial charge in [0.05, 0.1) is 18.6 Å². The summed E-state index contributed by atoms with van der Waals surface area (Å²) >= 11 is 0. The molecule has 1 saturated heterocycles. The molecule has 0 saturated carbocycles. The molecule has 2 atom stereocenters. The fraction of sp³-hybridized carbons (Fsp3) is 0.360. The Kier molecular flexibility index (Phi) is 6.98. The number of benzene rings is 3. The largest absolute Gasteiger partial charge is 0.497 e. The SMILES string of the molecule is COc1ccc(OCC(O)CN(Cc2cccc3ccccc23)C2CCS(=O)(=O)C2)cc1. The number of fused-ring (bicyclic) bond motifs is 1. The zero-order valence-corrected chi connectivity index (χ0v) is 19.0. The van der Waals surface area contributed by atoms with E-state index in [0.717, 1.165) is 22.1 Å². The van der Waals surface area contributed by atoms with Crippen LogP contribution in [0.5, 0.6) is 11.5 Å². The standard InChI is InChI=1S/C25H29NO5S/c1-30-23-9-11-24(12-10-23)31-17-22(27)16-26(21-13-14-32(28,29)18-21)15-20-7-4-6-19-5-2-3-8-25(19)20/h2-12,21-22,27H,13-18H2,1H3. The Morgan fingerprint density at radius 3 is 2.47 bits per heavy atom. The Hall–Kier alpha value is -2.61. The smallest absolute Gasteiger partial charge is 0.151 e. The van der Waals surface area contributed by atoms with Crippen LogP contribution in [0.3, 0.4) is 0 Å². The molecule has 4 rings (SSSR count). The topological polar surface area (TPSA) is 76.1 Å². The lowest BCUT2D eigenvalue weighted by Crippen LogP contribution is -2.42. The maximum atomic E-state index is 12.1. The summed E-state index contributed by atoms with van der Waals surface area (Å²) in [5, 5.41) is 13.0. The molecule has 1 aliphatic heterocycles. The Morgan fingerprint density at radius 2 is 1.75 bits per heavy atom. The van der Waals surface area contributed by atoms with Gasteiger partial charge in [0.2, 0.25) is 0 Å². The normalized spacial score (nSPS) is 18.7. The van der Waals surface area contributed by atoms with Crippen molar-refractivity contribution in [2.75, 3.05) is 31.8 Å². The van der Waals surface area contributed by atoms with Crippen LogP contribution in [-0.4, -0.2) is 62.3 Å². The molecule has 3 aromatic carbocycles. The maximum absolute atomic E-state index is 12.1. The molecule has 3 aromatic rings. The minimum atomic E-state index is -3.04. The van der Waals surface area contributed by atoms with Gasteiger partial charge in [-0.15, -0.1) is 0 Å². The zero-order chi connectivity index (χ0) is 22.6. The van der Waals surface area contributed by atoms with Crippen molar-refractivity contribution in [2.24, 2.45) is 0 Å². The van der Waals surface area contributed by atoms with Crippen LogP contribution in [0.4, 0.5) is 0 Å². The number of rotatable bonds is 9. The second kappa shape index (κ2) is 9.90. The van der Waals surface area contributed by atoms with Crippen molar-refractivity contribution >= 4 is 20.6 Å². The van der Waals surface area contributed by atoms with E-state index >= 15 is 0 Å². The Bertz CT molecular complexity index is 1140. The predicted molar refractivity (Wildman–Crippen MR) is 126 cm³/mol. The highest BCUT2D eigenvalue weighted by atomic mass is 32.2. The summed E-state index contributed by atoms with van der Waals surface area (Å²) < 4.78 is 35.2. The Balaban J connectivity index is 1.47. The van der Waals surface area contributed by atoms with Crippen LogP contribution in [0, 0.1) is 0 Å². The summed E-state index contributed by atoms with van der Waals surface area (Å²) in [5.74, 6) is 1.71. The average molecular weight is 456 g/mol. The van der Waals surface area contributed by atoms with Crippen molar-refractivity contribution in [3.8, 4) is 11.5 Å². The van der Waals surface area contributed by atoms with Crippen molar-refractivity contribution in [1.29, 1.82) is 0 Å². The lowest BCUT2D eigenvalue weighted by molar-refractivity contribution is 0.0526. The summed E-state index contributed by atoms with van der Waals surface area (Å²) in [5.41, 5.74) is 1.12. The molecule has 0 bridgehead atoms. The summed E-state index contributed by atoms with van der Waals surface area (Å²) in [6.45, 7) is 1.03. The molecule has 0 aliphatic carbocycles. The van der Waals surface area contributed by atoms with E-state index in [0.29, 0.717) is 25.3 Å². The predicted octanol–water partition coefficient (Wildman–Crippen LogP) is 3.28. The number of nitrogens with zero attached hydrogens (tertiary/aromatic N) is 1. The number of sulfone groups is 1. The van der Waals surface area contributed by atoms with E-state index in [1.165, 1.54) is 0 Å². The Morgan fingerprint density at radius 1 is 1.03 bits per heavy atom. The van der Waals surface area contributed by atoms with E-state index < -0.39 is 15.9 Å². The number of hydrogen-bond acceptors (Lipinski definition) is 6. The van der Waals surface area contributed by atoms with E-state index in [1.807, 2.05) is 18.2 Å². The van der Waals surface area contributed by atoms with Gasteiger partial charge in [-0.3, -0.25) is 4.90 Å². The van der Waals surface area contributed by atoms with Gasteiger partial charge in [0, 0.05) is 19.1 Å². The molecular weight excluding hydrogens is 426 g/mol. The van der Waals surface area contributed by atoms with Gasteiger partial charge in [-0.05, 0) is 47.0 Å². The molecule has 0 aromatic heterocycles. The highest BCUT2D eigenvalue weighted by molar-refractivity contribution is 7.91. The minimum Gasteiger partial charge on any atom is -0.497 e. The molecule has 1 fully saturated rings. The van der Waals surface area contributed by atoms with Gasteiger partial charge in [0.15, 0.2) is 9.84 Å². The van der Waals surface area contributed by atoms with Crippen LogP contribution in [0.2, 0.25) is 0 Å². The number of aliphatic hydroxyl groups excluding tert-OH is 1. The highest BCUT2D eigenvalue weighted by Crippen LogP contribution is 2.25. The third-order valence-electron chi connectivity index (χ3n) is 5.93. The molecule has 1 aliphatic rings. The van der Waals surface area contributed by atoms with Gasteiger partial charge in [-0.25, -0.2) is 8.42 Å². The molecular formula is C25H29NO5S. The van der Waals surface area contributed by atoms with Crippen LogP contribution in [-0.2, 0) is 16.4 Å². The lowest BCUT2D eigenvalue weighted by Gasteiger charge is -2.30. The van der Waals surface area contributed by atoms with Crippen molar-refractivity contribution in [3.05, 3.63) is 72.3 Å². The van der Waals surface area contributed by atoms with Gasteiger partial charge in [-0.1, -0.05) is 42.5 Å². The third kappa shape index (κ3) is 5.59. The van der Waals surface area contributed by atoms with Gasteiger partial charge >= 0.3 is 0 Å². The zero-order valence-electron chi connectivity index (χ0n) is 18.2. The molecule has 1 heterocycles. The number of hydrogen-bond donors (Lipinski definition) is 1. The third-order valence-corrected chi connectivity index (χ3v) is 7.68. The molecule has 0 amide bonds.